The molecule has 268 valence electrons. The van der Waals surface area contributed by atoms with Gasteiger partial charge in [0.05, 0.1) is 40.6 Å². The van der Waals surface area contributed by atoms with E-state index in [2.05, 4.69) is 6.92 Å². The van der Waals surface area contributed by atoms with Crippen LogP contribution in [0.3, 0.4) is 0 Å². The molecule has 4 aromatic rings. The zero-order valence-electron chi connectivity index (χ0n) is 30.4. The number of aryl methyl sites for hydroxylation is 2. The Hall–Kier alpha value is -4.44. The molecule has 1 aliphatic rings. The van der Waals surface area contributed by atoms with Gasteiger partial charge in [-0.3, -0.25) is 0 Å². The van der Waals surface area contributed by atoms with E-state index in [1.54, 1.807) is 28.4 Å². The molecule has 9 heteroatoms. The topological polar surface area (TPSA) is 105 Å². The van der Waals surface area contributed by atoms with Crippen molar-refractivity contribution in [2.75, 3.05) is 28.4 Å². The quantitative estimate of drug-likeness (QED) is 0.136. The standard InChI is InChI=1S/C41H50O9/c1-23-18-29(11-14-32(23)44-6)39(42)26(4)48-34-16-10-28(21-37(34)46-8)36-20-25(3)41(50-36)31-13-17-35(38(22-31)47-9)49-27(5)40(43)30-12-15-33(45-7)24(2)19-30/h10-19,21-22,25-27,36,39-43H,20H2,1-9H3/t25-,26-,27-,36?,39+,40+,41+/m1/s1. The number of hydrogen-bond donors (Lipinski definition) is 2. The number of aliphatic hydroxyl groups excluding tert-OH is 2. The van der Waals surface area contributed by atoms with E-state index in [9.17, 15) is 10.2 Å². The van der Waals surface area contributed by atoms with E-state index in [4.69, 9.17) is 33.2 Å². The Morgan fingerprint density at radius 3 is 1.44 bits per heavy atom. The van der Waals surface area contributed by atoms with Gasteiger partial charge < -0.3 is 43.4 Å². The van der Waals surface area contributed by atoms with Gasteiger partial charge in [-0.05, 0) is 122 Å². The second-order valence-electron chi connectivity index (χ2n) is 13.1. The molecule has 1 saturated heterocycles. The Morgan fingerprint density at radius 2 is 1.00 bits per heavy atom. The first-order valence-corrected chi connectivity index (χ1v) is 17.0. The van der Waals surface area contributed by atoms with Crippen molar-refractivity contribution in [2.24, 2.45) is 5.92 Å². The van der Waals surface area contributed by atoms with Gasteiger partial charge in [-0.15, -0.1) is 0 Å². The maximum absolute atomic E-state index is 11.0. The minimum Gasteiger partial charge on any atom is -0.496 e. The van der Waals surface area contributed by atoms with Crippen molar-refractivity contribution in [3.63, 3.8) is 0 Å². The van der Waals surface area contributed by atoms with E-state index in [1.165, 1.54) is 0 Å². The molecule has 4 aromatic carbocycles. The summed E-state index contributed by atoms with van der Waals surface area (Å²) in [7, 11) is 6.47. The van der Waals surface area contributed by atoms with Crippen LogP contribution < -0.4 is 28.4 Å². The summed E-state index contributed by atoms with van der Waals surface area (Å²) in [5, 5.41) is 22.1. The summed E-state index contributed by atoms with van der Waals surface area (Å²) in [6.45, 7) is 9.73. The molecule has 0 spiro atoms. The van der Waals surface area contributed by atoms with Crippen molar-refractivity contribution in [3.8, 4) is 34.5 Å². The lowest BCUT2D eigenvalue weighted by Crippen LogP contribution is -2.22. The predicted molar refractivity (Wildman–Crippen MR) is 192 cm³/mol. The Balaban J connectivity index is 1.26. The average molecular weight is 687 g/mol. The van der Waals surface area contributed by atoms with E-state index >= 15 is 0 Å². The summed E-state index contributed by atoms with van der Waals surface area (Å²) >= 11 is 0. The van der Waals surface area contributed by atoms with Crippen LogP contribution >= 0.6 is 0 Å². The van der Waals surface area contributed by atoms with Gasteiger partial charge in [-0.1, -0.05) is 31.2 Å². The summed E-state index contributed by atoms with van der Waals surface area (Å²) in [6.07, 6.45) is -2.27. The number of aliphatic hydroxyl groups is 2. The highest BCUT2D eigenvalue weighted by Gasteiger charge is 2.35. The van der Waals surface area contributed by atoms with E-state index in [0.29, 0.717) is 23.0 Å². The Kier molecular flexibility index (Phi) is 11.8. The molecule has 1 fully saturated rings. The summed E-state index contributed by atoms with van der Waals surface area (Å²) in [6, 6.07) is 22.8. The van der Waals surface area contributed by atoms with Gasteiger partial charge in [-0.2, -0.15) is 0 Å². The second-order valence-corrected chi connectivity index (χ2v) is 13.1. The van der Waals surface area contributed by atoms with Gasteiger partial charge in [-0.25, -0.2) is 0 Å². The lowest BCUT2D eigenvalue weighted by molar-refractivity contribution is 0.0335. The zero-order chi connectivity index (χ0) is 36.1. The van der Waals surface area contributed by atoms with E-state index in [0.717, 1.165) is 51.3 Å². The number of benzene rings is 4. The first kappa shape index (κ1) is 36.8. The lowest BCUT2D eigenvalue weighted by Gasteiger charge is -2.24. The molecule has 1 aliphatic heterocycles. The van der Waals surface area contributed by atoms with E-state index in [1.807, 2.05) is 100 Å². The molecule has 50 heavy (non-hydrogen) atoms. The van der Waals surface area contributed by atoms with Crippen molar-refractivity contribution in [2.45, 2.75) is 77.7 Å². The molecule has 0 radical (unpaired) electrons. The summed E-state index contributed by atoms with van der Waals surface area (Å²) < 4.78 is 41.2. The summed E-state index contributed by atoms with van der Waals surface area (Å²) in [5.74, 6) is 3.97. The highest BCUT2D eigenvalue weighted by molar-refractivity contribution is 5.46. The molecule has 1 unspecified atom stereocenters. The van der Waals surface area contributed by atoms with Gasteiger partial charge in [0.15, 0.2) is 23.0 Å². The Bertz CT molecular complexity index is 1750. The van der Waals surface area contributed by atoms with Gasteiger partial charge in [0.1, 0.15) is 35.9 Å². The fourth-order valence-corrected chi connectivity index (χ4v) is 6.63. The molecule has 0 saturated carbocycles. The fraction of sp³-hybridized carbons (Fsp3) is 0.415. The minimum atomic E-state index is -0.845. The smallest absolute Gasteiger partial charge is 0.161 e. The van der Waals surface area contributed by atoms with Crippen molar-refractivity contribution in [1.29, 1.82) is 0 Å². The van der Waals surface area contributed by atoms with Crippen molar-refractivity contribution in [3.05, 3.63) is 106 Å². The molecular weight excluding hydrogens is 636 g/mol. The van der Waals surface area contributed by atoms with Crippen molar-refractivity contribution in [1.82, 2.24) is 0 Å². The van der Waals surface area contributed by atoms with E-state index in [-0.39, 0.29) is 18.1 Å². The highest BCUT2D eigenvalue weighted by Crippen LogP contribution is 2.48. The first-order valence-electron chi connectivity index (χ1n) is 17.0. The molecule has 7 atom stereocenters. The monoisotopic (exact) mass is 686 g/mol. The van der Waals surface area contributed by atoms with Crippen molar-refractivity contribution >= 4 is 0 Å². The van der Waals surface area contributed by atoms with Gasteiger partial charge in [0.25, 0.3) is 0 Å². The zero-order valence-corrected chi connectivity index (χ0v) is 30.4. The molecule has 0 aliphatic carbocycles. The molecule has 0 bridgehead atoms. The van der Waals surface area contributed by atoms with Crippen LogP contribution in [0, 0.1) is 19.8 Å². The number of ether oxygens (including phenoxy) is 7. The Labute approximate surface area is 295 Å². The average Bonchev–Trinajstić information content (AvgIpc) is 3.52. The molecule has 5 rings (SSSR count). The molecule has 2 N–H and O–H groups in total. The molecule has 0 aromatic heterocycles. The van der Waals surface area contributed by atoms with Crippen LogP contribution in [0.2, 0.25) is 0 Å². The van der Waals surface area contributed by atoms with Gasteiger partial charge in [0.2, 0.25) is 0 Å². The Morgan fingerprint density at radius 1 is 0.580 bits per heavy atom. The highest BCUT2D eigenvalue weighted by atomic mass is 16.5. The van der Waals surface area contributed by atoms with Crippen LogP contribution in [0.25, 0.3) is 0 Å². The normalized spacial score (nSPS) is 19.6. The fourth-order valence-electron chi connectivity index (χ4n) is 6.63. The maximum Gasteiger partial charge on any atom is 0.161 e. The number of rotatable bonds is 14. The predicted octanol–water partition coefficient (Wildman–Crippen LogP) is 8.18. The minimum absolute atomic E-state index is 0.159. The third kappa shape index (κ3) is 7.96. The SMILES string of the molecule is COc1ccc([C@@H](O)[C@@H](C)Oc2ccc(C3C[C@@H](C)[C@@H](c4ccc(O[C@H](C)[C@H](O)c5ccc(OC)c(C)c5)c(OC)c4)O3)cc2OC)cc1C. The van der Waals surface area contributed by atoms with Crippen LogP contribution in [0.5, 0.6) is 34.5 Å². The summed E-state index contributed by atoms with van der Waals surface area (Å²) in [4.78, 5) is 0. The molecule has 1 heterocycles. The van der Waals surface area contributed by atoms with Crippen LogP contribution in [0.1, 0.15) is 85.0 Å². The van der Waals surface area contributed by atoms with Gasteiger partial charge >= 0.3 is 0 Å². The number of hydrogen-bond acceptors (Lipinski definition) is 9. The van der Waals surface area contributed by atoms with Crippen LogP contribution in [-0.2, 0) is 4.74 Å². The van der Waals surface area contributed by atoms with Crippen molar-refractivity contribution < 1.29 is 43.4 Å². The largest absolute Gasteiger partial charge is 0.496 e. The third-order valence-corrected chi connectivity index (χ3v) is 9.53. The lowest BCUT2D eigenvalue weighted by atomic mass is 9.94. The number of methoxy groups -OCH3 is 4. The van der Waals surface area contributed by atoms with Crippen LogP contribution in [0.15, 0.2) is 72.8 Å². The third-order valence-electron chi connectivity index (χ3n) is 9.53. The molecular formula is C41H50O9. The van der Waals surface area contributed by atoms with Crippen LogP contribution in [-0.4, -0.2) is 50.9 Å². The second kappa shape index (κ2) is 16.1. The first-order chi connectivity index (χ1) is 24.0. The summed E-state index contributed by atoms with van der Waals surface area (Å²) in [5.41, 5.74) is 5.33. The van der Waals surface area contributed by atoms with E-state index < -0.39 is 24.4 Å². The maximum atomic E-state index is 11.0. The molecule has 9 nitrogen and oxygen atoms in total. The molecule has 0 amide bonds. The van der Waals surface area contributed by atoms with Crippen LogP contribution in [0.4, 0.5) is 0 Å². The van der Waals surface area contributed by atoms with Gasteiger partial charge in [0, 0.05) is 0 Å².